The summed E-state index contributed by atoms with van der Waals surface area (Å²) in [6.45, 7) is 7.62. The Hall–Kier alpha value is -2.28. The number of ether oxygens (including phenoxy) is 1. The number of aromatic nitrogens is 4. The molecule has 3 rings (SSSR count). The first-order valence-electron chi connectivity index (χ1n) is 7.72. The second-order valence-corrected chi connectivity index (χ2v) is 5.90. The normalized spacial score (nSPS) is 18.2. The number of nitrogens with zero attached hydrogens (tertiary/aromatic N) is 5. The largest absolute Gasteiger partial charge is 0.368 e. The van der Waals surface area contributed by atoms with Gasteiger partial charge in [0.25, 0.3) is 0 Å². The maximum absolute atomic E-state index is 12.5. The van der Waals surface area contributed by atoms with E-state index in [-0.39, 0.29) is 18.6 Å². The van der Waals surface area contributed by atoms with E-state index in [1.807, 2.05) is 37.9 Å². The predicted molar refractivity (Wildman–Crippen MR) is 83.7 cm³/mol. The molecule has 1 aliphatic rings. The molecule has 1 aliphatic heterocycles. The highest BCUT2D eigenvalue weighted by atomic mass is 16.5. The SMILES string of the molecule is Cc1cnn(CC(=O)N2CCO[C@H](c3cc(C)nc(C)n3)C2)c1. The number of carbonyl (C=O) groups excluding carboxylic acids is 1. The summed E-state index contributed by atoms with van der Waals surface area (Å²) in [6, 6.07) is 1.92. The number of hydrogen-bond donors (Lipinski definition) is 0. The Balaban J connectivity index is 1.69. The van der Waals surface area contributed by atoms with Crippen molar-refractivity contribution >= 4 is 5.91 Å². The second kappa shape index (κ2) is 6.45. The smallest absolute Gasteiger partial charge is 0.244 e. The van der Waals surface area contributed by atoms with Gasteiger partial charge in [-0.05, 0) is 32.4 Å². The summed E-state index contributed by atoms with van der Waals surface area (Å²) in [7, 11) is 0. The number of morpholine rings is 1. The van der Waals surface area contributed by atoms with E-state index in [0.717, 1.165) is 22.8 Å². The molecule has 2 aromatic rings. The summed E-state index contributed by atoms with van der Waals surface area (Å²) in [5.74, 6) is 0.767. The quantitative estimate of drug-likeness (QED) is 0.851. The highest BCUT2D eigenvalue weighted by Crippen LogP contribution is 2.21. The van der Waals surface area contributed by atoms with Crippen LogP contribution in [0.15, 0.2) is 18.5 Å². The van der Waals surface area contributed by atoms with Gasteiger partial charge in [0.2, 0.25) is 5.91 Å². The molecular weight excluding hydrogens is 294 g/mol. The average Bonchev–Trinajstić information content (AvgIpc) is 2.91. The molecule has 1 amide bonds. The third-order valence-corrected chi connectivity index (χ3v) is 3.79. The highest BCUT2D eigenvalue weighted by molar-refractivity contribution is 5.76. The Kier molecular flexibility index (Phi) is 4.38. The van der Waals surface area contributed by atoms with Crippen LogP contribution in [0.1, 0.15) is 28.9 Å². The molecule has 23 heavy (non-hydrogen) atoms. The molecule has 0 aromatic carbocycles. The molecule has 1 fully saturated rings. The number of carbonyl (C=O) groups is 1. The molecule has 7 heteroatoms. The standard InChI is InChI=1S/C16H21N5O2/c1-11-7-17-21(8-11)10-16(22)20-4-5-23-15(9-20)14-6-12(2)18-13(3)19-14/h6-8,15H,4-5,9-10H2,1-3H3/t15-/m0/s1. The van der Waals surface area contributed by atoms with Gasteiger partial charge >= 0.3 is 0 Å². The van der Waals surface area contributed by atoms with Gasteiger partial charge in [0, 0.05) is 18.4 Å². The third-order valence-electron chi connectivity index (χ3n) is 3.79. The van der Waals surface area contributed by atoms with Crippen molar-refractivity contribution in [3.63, 3.8) is 0 Å². The van der Waals surface area contributed by atoms with Crippen molar-refractivity contribution in [1.29, 1.82) is 0 Å². The minimum Gasteiger partial charge on any atom is -0.368 e. The molecule has 0 aliphatic carbocycles. The molecule has 0 unspecified atom stereocenters. The zero-order valence-corrected chi connectivity index (χ0v) is 13.7. The van der Waals surface area contributed by atoms with Crippen molar-refractivity contribution in [2.45, 2.75) is 33.4 Å². The van der Waals surface area contributed by atoms with E-state index >= 15 is 0 Å². The first-order chi connectivity index (χ1) is 11.0. The van der Waals surface area contributed by atoms with Crippen molar-refractivity contribution < 1.29 is 9.53 Å². The molecule has 3 heterocycles. The molecule has 1 atom stereocenters. The molecule has 1 saturated heterocycles. The van der Waals surface area contributed by atoms with E-state index in [9.17, 15) is 4.79 Å². The van der Waals surface area contributed by atoms with E-state index in [0.29, 0.717) is 19.7 Å². The van der Waals surface area contributed by atoms with Crippen LogP contribution in [0.5, 0.6) is 0 Å². The van der Waals surface area contributed by atoms with Gasteiger partial charge in [-0.3, -0.25) is 9.48 Å². The van der Waals surface area contributed by atoms with Crippen LogP contribution < -0.4 is 0 Å². The maximum Gasteiger partial charge on any atom is 0.244 e. The Morgan fingerprint density at radius 2 is 2.17 bits per heavy atom. The summed E-state index contributed by atoms with van der Waals surface area (Å²) >= 11 is 0. The fourth-order valence-corrected chi connectivity index (χ4v) is 2.76. The van der Waals surface area contributed by atoms with Crippen LogP contribution in [0.25, 0.3) is 0 Å². The van der Waals surface area contributed by atoms with Gasteiger partial charge in [-0.1, -0.05) is 0 Å². The van der Waals surface area contributed by atoms with Crippen LogP contribution in [-0.4, -0.2) is 50.3 Å². The van der Waals surface area contributed by atoms with Crippen LogP contribution in [-0.2, 0) is 16.1 Å². The van der Waals surface area contributed by atoms with Gasteiger partial charge < -0.3 is 9.64 Å². The minimum atomic E-state index is -0.201. The van der Waals surface area contributed by atoms with Gasteiger partial charge in [0.15, 0.2) is 0 Å². The Labute approximate surface area is 135 Å². The van der Waals surface area contributed by atoms with Gasteiger partial charge in [-0.2, -0.15) is 5.10 Å². The predicted octanol–water partition coefficient (Wildman–Crippen LogP) is 1.20. The zero-order chi connectivity index (χ0) is 16.4. The van der Waals surface area contributed by atoms with Crippen molar-refractivity contribution in [1.82, 2.24) is 24.6 Å². The van der Waals surface area contributed by atoms with Crippen LogP contribution >= 0.6 is 0 Å². The van der Waals surface area contributed by atoms with Crippen LogP contribution in [0.4, 0.5) is 0 Å². The summed E-state index contributed by atoms with van der Waals surface area (Å²) in [4.78, 5) is 23.0. The average molecular weight is 315 g/mol. The van der Waals surface area contributed by atoms with Crippen molar-refractivity contribution in [2.24, 2.45) is 0 Å². The van der Waals surface area contributed by atoms with Gasteiger partial charge in [0.05, 0.1) is 25.0 Å². The summed E-state index contributed by atoms with van der Waals surface area (Å²) < 4.78 is 7.47. The summed E-state index contributed by atoms with van der Waals surface area (Å²) in [5.41, 5.74) is 2.79. The molecule has 0 spiro atoms. The van der Waals surface area contributed by atoms with E-state index in [1.54, 1.807) is 10.9 Å². The lowest BCUT2D eigenvalue weighted by Crippen LogP contribution is -2.44. The van der Waals surface area contributed by atoms with Gasteiger partial charge in [-0.25, -0.2) is 9.97 Å². The maximum atomic E-state index is 12.5. The number of aryl methyl sites for hydroxylation is 3. The lowest BCUT2D eigenvalue weighted by Gasteiger charge is -2.32. The van der Waals surface area contributed by atoms with E-state index in [4.69, 9.17) is 4.74 Å². The summed E-state index contributed by atoms with van der Waals surface area (Å²) in [5, 5.41) is 4.17. The number of hydrogen-bond acceptors (Lipinski definition) is 5. The van der Waals surface area contributed by atoms with E-state index in [1.165, 1.54) is 0 Å². The van der Waals surface area contributed by atoms with Crippen LogP contribution in [0.2, 0.25) is 0 Å². The number of amides is 1. The number of rotatable bonds is 3. The summed E-state index contributed by atoms with van der Waals surface area (Å²) in [6.07, 6.45) is 3.42. The lowest BCUT2D eigenvalue weighted by molar-refractivity contribution is -0.140. The monoisotopic (exact) mass is 315 g/mol. The molecule has 0 N–H and O–H groups in total. The van der Waals surface area contributed by atoms with Crippen molar-refractivity contribution in [3.8, 4) is 0 Å². The topological polar surface area (TPSA) is 73.1 Å². The molecule has 0 saturated carbocycles. The molecule has 0 radical (unpaired) electrons. The molecule has 122 valence electrons. The van der Waals surface area contributed by atoms with Gasteiger partial charge in [-0.15, -0.1) is 0 Å². The molecule has 0 bridgehead atoms. The fraction of sp³-hybridized carbons (Fsp3) is 0.500. The third kappa shape index (κ3) is 3.73. The lowest BCUT2D eigenvalue weighted by atomic mass is 10.1. The molecular formula is C16H21N5O2. The van der Waals surface area contributed by atoms with Crippen LogP contribution in [0, 0.1) is 20.8 Å². The Bertz CT molecular complexity index is 692. The fourth-order valence-electron chi connectivity index (χ4n) is 2.76. The Morgan fingerprint density at radius 1 is 1.35 bits per heavy atom. The molecule has 7 nitrogen and oxygen atoms in total. The second-order valence-electron chi connectivity index (χ2n) is 5.90. The van der Waals surface area contributed by atoms with Crippen LogP contribution in [0.3, 0.4) is 0 Å². The van der Waals surface area contributed by atoms with Crippen molar-refractivity contribution in [2.75, 3.05) is 19.7 Å². The minimum absolute atomic E-state index is 0.0453. The Morgan fingerprint density at radius 3 is 2.87 bits per heavy atom. The molecule has 2 aromatic heterocycles. The van der Waals surface area contributed by atoms with Crippen molar-refractivity contribution in [3.05, 3.63) is 41.2 Å². The highest BCUT2D eigenvalue weighted by Gasteiger charge is 2.26. The van der Waals surface area contributed by atoms with E-state index in [2.05, 4.69) is 15.1 Å². The first-order valence-corrected chi connectivity index (χ1v) is 7.72. The van der Waals surface area contributed by atoms with Gasteiger partial charge in [0.1, 0.15) is 18.5 Å². The first kappa shape index (κ1) is 15.6. The van der Waals surface area contributed by atoms with E-state index < -0.39 is 0 Å². The zero-order valence-electron chi connectivity index (χ0n) is 13.7.